The Labute approximate surface area is 122 Å². The van der Waals surface area contributed by atoms with Gasteiger partial charge in [-0.3, -0.25) is 14.7 Å². The van der Waals surface area contributed by atoms with E-state index in [1.807, 2.05) is 11.8 Å². The first-order valence-electron chi connectivity index (χ1n) is 6.58. The van der Waals surface area contributed by atoms with Crippen LogP contribution in [0.15, 0.2) is 18.3 Å². The number of sulfone groups is 1. The maximum Gasteiger partial charge on any atom is 0.304 e. The van der Waals surface area contributed by atoms with E-state index in [0.717, 1.165) is 6.20 Å². The highest BCUT2D eigenvalue weighted by Crippen LogP contribution is 2.26. The van der Waals surface area contributed by atoms with Crippen LogP contribution in [0.25, 0.3) is 0 Å². The zero-order valence-corrected chi connectivity index (χ0v) is 12.4. The van der Waals surface area contributed by atoms with Gasteiger partial charge in [-0.15, -0.1) is 0 Å². The second-order valence-corrected chi connectivity index (χ2v) is 7.41. The SMILES string of the molecule is CC(c1ccc(F)cn1)N1CCS(=O)(=O)CC1CC(=O)O. The first-order valence-corrected chi connectivity index (χ1v) is 8.40. The monoisotopic (exact) mass is 316 g/mol. The zero-order chi connectivity index (χ0) is 15.6. The summed E-state index contributed by atoms with van der Waals surface area (Å²) in [5.74, 6) is -1.67. The molecule has 21 heavy (non-hydrogen) atoms. The average Bonchev–Trinajstić information content (AvgIpc) is 2.37. The molecular weight excluding hydrogens is 299 g/mol. The van der Waals surface area contributed by atoms with E-state index in [2.05, 4.69) is 4.98 Å². The molecule has 1 aliphatic rings. The summed E-state index contributed by atoms with van der Waals surface area (Å²) in [6, 6.07) is 1.95. The van der Waals surface area contributed by atoms with Crippen LogP contribution in [0, 0.1) is 5.82 Å². The third kappa shape index (κ3) is 3.98. The van der Waals surface area contributed by atoms with Crippen molar-refractivity contribution >= 4 is 15.8 Å². The molecule has 0 saturated carbocycles. The van der Waals surface area contributed by atoms with Gasteiger partial charge in [0.15, 0.2) is 9.84 Å². The Balaban J connectivity index is 2.22. The van der Waals surface area contributed by atoms with Crippen LogP contribution in [0.1, 0.15) is 25.1 Å². The Morgan fingerprint density at radius 3 is 2.86 bits per heavy atom. The number of carbonyl (C=O) groups is 1. The van der Waals surface area contributed by atoms with Crippen LogP contribution in [0.5, 0.6) is 0 Å². The van der Waals surface area contributed by atoms with Gasteiger partial charge in [0.2, 0.25) is 0 Å². The predicted molar refractivity (Wildman–Crippen MR) is 74.0 cm³/mol. The third-order valence-electron chi connectivity index (χ3n) is 3.66. The molecule has 1 N–H and O–H groups in total. The highest BCUT2D eigenvalue weighted by Gasteiger charge is 2.35. The molecular formula is C13H17FN2O4S. The summed E-state index contributed by atoms with van der Waals surface area (Å²) in [7, 11) is -3.22. The summed E-state index contributed by atoms with van der Waals surface area (Å²) in [5.41, 5.74) is 0.589. The maximum absolute atomic E-state index is 12.9. The molecule has 2 rings (SSSR count). The fourth-order valence-corrected chi connectivity index (χ4v) is 4.14. The number of pyridine rings is 1. The molecule has 2 heterocycles. The lowest BCUT2D eigenvalue weighted by atomic mass is 10.1. The third-order valence-corrected chi connectivity index (χ3v) is 5.36. The van der Waals surface area contributed by atoms with Gasteiger partial charge in [0, 0.05) is 18.6 Å². The number of hydrogen-bond donors (Lipinski definition) is 1. The molecule has 0 bridgehead atoms. The van der Waals surface area contributed by atoms with Gasteiger partial charge in [-0.2, -0.15) is 0 Å². The molecule has 1 aromatic rings. The number of rotatable bonds is 4. The summed E-state index contributed by atoms with van der Waals surface area (Å²) < 4.78 is 36.3. The summed E-state index contributed by atoms with van der Waals surface area (Å²) in [4.78, 5) is 16.7. The predicted octanol–water partition coefficient (Wildman–Crippen LogP) is 0.855. The fraction of sp³-hybridized carbons (Fsp3) is 0.538. The molecule has 8 heteroatoms. The van der Waals surface area contributed by atoms with Gasteiger partial charge in [-0.1, -0.05) is 0 Å². The molecule has 0 aromatic carbocycles. The van der Waals surface area contributed by atoms with Crippen molar-refractivity contribution < 1.29 is 22.7 Å². The lowest BCUT2D eigenvalue weighted by Crippen LogP contribution is -2.50. The van der Waals surface area contributed by atoms with Gasteiger partial charge in [0.1, 0.15) is 5.82 Å². The van der Waals surface area contributed by atoms with Gasteiger partial charge in [-0.25, -0.2) is 12.8 Å². The largest absolute Gasteiger partial charge is 0.481 e. The van der Waals surface area contributed by atoms with E-state index in [0.29, 0.717) is 5.69 Å². The fourth-order valence-electron chi connectivity index (χ4n) is 2.59. The van der Waals surface area contributed by atoms with Gasteiger partial charge in [-0.05, 0) is 19.1 Å². The second kappa shape index (κ2) is 6.07. The van der Waals surface area contributed by atoms with Crippen LogP contribution in [0.4, 0.5) is 4.39 Å². The van der Waals surface area contributed by atoms with Gasteiger partial charge >= 0.3 is 5.97 Å². The Morgan fingerprint density at radius 1 is 1.57 bits per heavy atom. The van der Waals surface area contributed by atoms with Crippen molar-refractivity contribution in [2.45, 2.75) is 25.4 Å². The van der Waals surface area contributed by atoms with Crippen LogP contribution >= 0.6 is 0 Å². The molecule has 0 radical (unpaired) electrons. The van der Waals surface area contributed by atoms with E-state index in [9.17, 15) is 17.6 Å². The Kier molecular flexibility index (Phi) is 4.58. The number of carboxylic acid groups (broad SMARTS) is 1. The van der Waals surface area contributed by atoms with Crippen molar-refractivity contribution in [2.75, 3.05) is 18.1 Å². The minimum atomic E-state index is -3.22. The highest BCUT2D eigenvalue weighted by atomic mass is 32.2. The maximum atomic E-state index is 12.9. The number of aliphatic carboxylic acids is 1. The number of halogens is 1. The lowest BCUT2D eigenvalue weighted by Gasteiger charge is -2.38. The van der Waals surface area contributed by atoms with Crippen molar-refractivity contribution in [3.8, 4) is 0 Å². The van der Waals surface area contributed by atoms with E-state index in [1.165, 1.54) is 12.1 Å². The minimum absolute atomic E-state index is 0.00530. The number of aromatic nitrogens is 1. The summed E-state index contributed by atoms with van der Waals surface area (Å²) >= 11 is 0. The Morgan fingerprint density at radius 2 is 2.29 bits per heavy atom. The lowest BCUT2D eigenvalue weighted by molar-refractivity contribution is -0.138. The molecule has 0 spiro atoms. The van der Waals surface area contributed by atoms with Crippen LogP contribution in [0.3, 0.4) is 0 Å². The zero-order valence-electron chi connectivity index (χ0n) is 11.6. The van der Waals surface area contributed by atoms with Crippen LogP contribution < -0.4 is 0 Å². The summed E-state index contributed by atoms with van der Waals surface area (Å²) in [6.45, 7) is 2.06. The average molecular weight is 316 g/mol. The van der Waals surface area contributed by atoms with Crippen LogP contribution in [-0.2, 0) is 14.6 Å². The molecule has 0 amide bonds. The minimum Gasteiger partial charge on any atom is -0.481 e. The number of carboxylic acids is 1. The summed E-state index contributed by atoms with van der Waals surface area (Å²) in [5, 5.41) is 8.96. The van der Waals surface area contributed by atoms with Crippen molar-refractivity contribution in [3.05, 3.63) is 29.8 Å². The Bertz CT molecular complexity index is 618. The molecule has 2 unspecified atom stereocenters. The molecule has 116 valence electrons. The van der Waals surface area contributed by atoms with Crippen molar-refractivity contribution in [1.82, 2.24) is 9.88 Å². The molecule has 1 saturated heterocycles. The molecule has 1 aromatic heterocycles. The number of nitrogens with zero attached hydrogens (tertiary/aromatic N) is 2. The smallest absolute Gasteiger partial charge is 0.304 e. The highest BCUT2D eigenvalue weighted by molar-refractivity contribution is 7.91. The molecule has 2 atom stereocenters. The standard InChI is InChI=1S/C13H17FN2O4S/c1-9(12-3-2-10(14)7-15-12)16-4-5-21(19,20)8-11(16)6-13(17)18/h2-3,7,9,11H,4-6,8H2,1H3,(H,17,18). The van der Waals surface area contributed by atoms with Crippen molar-refractivity contribution in [3.63, 3.8) is 0 Å². The molecule has 1 aliphatic heterocycles. The number of hydrogen-bond acceptors (Lipinski definition) is 5. The second-order valence-electron chi connectivity index (χ2n) is 5.18. The van der Waals surface area contributed by atoms with Crippen molar-refractivity contribution in [2.24, 2.45) is 0 Å². The van der Waals surface area contributed by atoms with Gasteiger partial charge < -0.3 is 5.11 Å². The Hall–Kier alpha value is -1.54. The van der Waals surface area contributed by atoms with Gasteiger partial charge in [0.25, 0.3) is 0 Å². The van der Waals surface area contributed by atoms with E-state index in [-0.39, 0.29) is 30.5 Å². The van der Waals surface area contributed by atoms with Crippen molar-refractivity contribution in [1.29, 1.82) is 0 Å². The summed E-state index contributed by atoms with van der Waals surface area (Å²) in [6.07, 6.45) is 0.851. The normalized spacial score (nSPS) is 23.6. The van der Waals surface area contributed by atoms with Gasteiger partial charge in [0.05, 0.1) is 29.8 Å². The molecule has 6 nitrogen and oxygen atoms in total. The first kappa shape index (κ1) is 15.8. The van der Waals surface area contributed by atoms with Crippen LogP contribution in [-0.4, -0.2) is 53.5 Å². The molecule has 0 aliphatic carbocycles. The van der Waals surface area contributed by atoms with E-state index < -0.39 is 27.7 Å². The van der Waals surface area contributed by atoms with E-state index in [1.54, 1.807) is 0 Å². The van der Waals surface area contributed by atoms with E-state index >= 15 is 0 Å². The first-order chi connectivity index (χ1) is 9.78. The quantitative estimate of drug-likeness (QED) is 0.886. The topological polar surface area (TPSA) is 87.6 Å². The van der Waals surface area contributed by atoms with E-state index in [4.69, 9.17) is 5.11 Å². The van der Waals surface area contributed by atoms with Crippen LogP contribution in [0.2, 0.25) is 0 Å². The molecule has 1 fully saturated rings.